The van der Waals surface area contributed by atoms with Crippen molar-refractivity contribution in [3.63, 3.8) is 0 Å². The van der Waals surface area contributed by atoms with E-state index in [4.69, 9.17) is 10.5 Å². The maximum atomic E-state index is 10.5. The molecular formula is C16H20N2O3. The van der Waals surface area contributed by atoms with Crippen LogP contribution < -0.4 is 11.1 Å². The van der Waals surface area contributed by atoms with Gasteiger partial charge >= 0.3 is 0 Å². The van der Waals surface area contributed by atoms with Gasteiger partial charge in [-0.05, 0) is 12.3 Å². The second-order valence-electron chi connectivity index (χ2n) is 4.92. The topological polar surface area (TPSA) is 84.6 Å². The van der Waals surface area contributed by atoms with E-state index in [-0.39, 0.29) is 12.6 Å². The summed E-state index contributed by atoms with van der Waals surface area (Å²) < 4.78 is 5.08. The van der Waals surface area contributed by atoms with E-state index in [0.717, 1.165) is 16.3 Å². The van der Waals surface area contributed by atoms with Crippen LogP contribution in [-0.2, 0) is 9.53 Å². The zero-order valence-electron chi connectivity index (χ0n) is 12.0. The lowest BCUT2D eigenvalue weighted by atomic mass is 10.0. The molecule has 0 aliphatic carbocycles. The highest BCUT2D eigenvalue weighted by Crippen LogP contribution is 2.32. The number of hydrogen-bond acceptors (Lipinski definition) is 4. The number of benzene rings is 2. The highest BCUT2D eigenvalue weighted by molar-refractivity contribution is 5.89. The lowest BCUT2D eigenvalue weighted by molar-refractivity contribution is -0.122. The number of ether oxygens (including phenoxy) is 1. The van der Waals surface area contributed by atoms with Crippen molar-refractivity contribution in [3.8, 4) is 5.75 Å². The largest absolute Gasteiger partial charge is 0.507 e. The van der Waals surface area contributed by atoms with Crippen LogP contribution in [0.25, 0.3) is 10.8 Å². The van der Waals surface area contributed by atoms with Crippen molar-refractivity contribution in [2.75, 3.05) is 19.8 Å². The van der Waals surface area contributed by atoms with Crippen molar-refractivity contribution in [2.45, 2.75) is 13.0 Å². The smallest absolute Gasteiger partial charge is 0.243 e. The molecule has 2 aromatic carbocycles. The normalized spacial score (nSPS) is 12.4. The Morgan fingerprint density at radius 3 is 2.86 bits per heavy atom. The molecule has 0 fully saturated rings. The number of amides is 1. The zero-order chi connectivity index (χ0) is 15.2. The van der Waals surface area contributed by atoms with Crippen LogP contribution in [0.1, 0.15) is 18.5 Å². The lowest BCUT2D eigenvalue weighted by Gasteiger charge is -2.17. The number of hydrogen-bond donors (Lipinski definition) is 3. The minimum atomic E-state index is -0.477. The first-order valence-electron chi connectivity index (χ1n) is 6.89. The van der Waals surface area contributed by atoms with Gasteiger partial charge in [0.15, 0.2) is 0 Å². The third-order valence-corrected chi connectivity index (χ3v) is 3.34. The molecule has 1 amide bonds. The van der Waals surface area contributed by atoms with Gasteiger partial charge in [0, 0.05) is 23.5 Å². The fourth-order valence-electron chi connectivity index (χ4n) is 2.25. The number of aromatic hydroxyl groups is 1. The molecule has 2 aromatic rings. The predicted octanol–water partition coefficient (Wildman–Crippen LogP) is 1.70. The summed E-state index contributed by atoms with van der Waals surface area (Å²) in [5, 5.41) is 15.5. The Balaban J connectivity index is 1.98. The summed E-state index contributed by atoms with van der Waals surface area (Å²) in [6.45, 7) is 2.86. The van der Waals surface area contributed by atoms with E-state index in [2.05, 4.69) is 5.32 Å². The quantitative estimate of drug-likeness (QED) is 0.677. The first-order valence-corrected chi connectivity index (χ1v) is 6.89. The Morgan fingerprint density at radius 1 is 1.33 bits per heavy atom. The second-order valence-corrected chi connectivity index (χ2v) is 4.92. The van der Waals surface area contributed by atoms with Crippen LogP contribution in [0, 0.1) is 0 Å². The highest BCUT2D eigenvalue weighted by Gasteiger charge is 2.12. The summed E-state index contributed by atoms with van der Waals surface area (Å²) in [7, 11) is 0. The second kappa shape index (κ2) is 7.06. The minimum Gasteiger partial charge on any atom is -0.507 e. The Morgan fingerprint density at radius 2 is 2.10 bits per heavy atom. The summed E-state index contributed by atoms with van der Waals surface area (Å²) in [6, 6.07) is 11.6. The van der Waals surface area contributed by atoms with Gasteiger partial charge in [0.05, 0.1) is 6.61 Å². The van der Waals surface area contributed by atoms with E-state index >= 15 is 0 Å². The molecule has 5 heteroatoms. The highest BCUT2D eigenvalue weighted by atomic mass is 16.5. The molecule has 0 saturated heterocycles. The number of nitrogens with one attached hydrogen (secondary N) is 1. The molecule has 21 heavy (non-hydrogen) atoms. The SMILES string of the molecule is CC(NCCOCC(N)=O)c1ccc2ccccc2c1O. The van der Waals surface area contributed by atoms with Gasteiger partial charge in [0.2, 0.25) is 5.91 Å². The monoisotopic (exact) mass is 288 g/mol. The standard InChI is InChI=1S/C16H20N2O3/c1-11(18-8-9-21-10-15(17)19)13-7-6-12-4-2-3-5-14(12)16(13)20/h2-7,11,18,20H,8-10H2,1H3,(H2,17,19). The van der Waals surface area contributed by atoms with Crippen molar-refractivity contribution < 1.29 is 14.6 Å². The van der Waals surface area contributed by atoms with E-state index in [1.165, 1.54) is 0 Å². The van der Waals surface area contributed by atoms with Crippen molar-refractivity contribution in [1.29, 1.82) is 0 Å². The number of phenolic OH excluding ortho intramolecular Hbond substituents is 1. The number of nitrogens with two attached hydrogens (primary N) is 1. The molecular weight excluding hydrogens is 268 g/mol. The maximum Gasteiger partial charge on any atom is 0.243 e. The van der Waals surface area contributed by atoms with Gasteiger partial charge in [-0.1, -0.05) is 36.4 Å². The fourth-order valence-corrected chi connectivity index (χ4v) is 2.25. The molecule has 0 spiro atoms. The van der Waals surface area contributed by atoms with Gasteiger partial charge in [-0.25, -0.2) is 0 Å². The molecule has 5 nitrogen and oxygen atoms in total. The van der Waals surface area contributed by atoms with E-state index in [9.17, 15) is 9.90 Å². The van der Waals surface area contributed by atoms with Crippen LogP contribution in [-0.4, -0.2) is 30.8 Å². The zero-order valence-corrected chi connectivity index (χ0v) is 12.0. The van der Waals surface area contributed by atoms with Crippen molar-refractivity contribution in [2.24, 2.45) is 5.73 Å². The van der Waals surface area contributed by atoms with Gasteiger partial charge in [-0.3, -0.25) is 4.79 Å². The third kappa shape index (κ3) is 3.93. The molecule has 0 bridgehead atoms. The molecule has 0 saturated carbocycles. The summed E-state index contributed by atoms with van der Waals surface area (Å²) >= 11 is 0. The average Bonchev–Trinajstić information content (AvgIpc) is 2.47. The molecule has 1 atom stereocenters. The van der Waals surface area contributed by atoms with Gasteiger partial charge in [-0.15, -0.1) is 0 Å². The predicted molar refractivity (Wildman–Crippen MR) is 82.0 cm³/mol. The van der Waals surface area contributed by atoms with Gasteiger partial charge in [0.1, 0.15) is 12.4 Å². The summed E-state index contributed by atoms with van der Waals surface area (Å²) in [6.07, 6.45) is 0. The number of phenols is 1. The number of rotatable bonds is 7. The van der Waals surface area contributed by atoms with Crippen LogP contribution in [0.5, 0.6) is 5.75 Å². The average molecular weight is 288 g/mol. The summed E-state index contributed by atoms with van der Waals surface area (Å²) in [4.78, 5) is 10.5. The molecule has 0 aromatic heterocycles. The molecule has 0 aliphatic rings. The Kier molecular flexibility index (Phi) is 5.14. The van der Waals surface area contributed by atoms with Crippen molar-refractivity contribution in [3.05, 3.63) is 42.0 Å². The Bertz CT molecular complexity index is 628. The fraction of sp³-hybridized carbons (Fsp3) is 0.312. The number of fused-ring (bicyclic) bond motifs is 1. The summed E-state index contributed by atoms with van der Waals surface area (Å²) in [5.74, 6) is -0.179. The molecule has 0 aliphatic heterocycles. The lowest BCUT2D eigenvalue weighted by Crippen LogP contribution is -2.26. The van der Waals surface area contributed by atoms with Crippen LogP contribution >= 0.6 is 0 Å². The van der Waals surface area contributed by atoms with Gasteiger partial charge in [0.25, 0.3) is 0 Å². The van der Waals surface area contributed by atoms with Crippen LogP contribution in [0.15, 0.2) is 36.4 Å². The minimum absolute atomic E-state index is 0.0215. The number of carbonyl (C=O) groups excluding carboxylic acids is 1. The van der Waals surface area contributed by atoms with E-state index < -0.39 is 5.91 Å². The molecule has 112 valence electrons. The van der Waals surface area contributed by atoms with E-state index in [0.29, 0.717) is 18.9 Å². The van der Waals surface area contributed by atoms with E-state index in [1.54, 1.807) is 0 Å². The van der Waals surface area contributed by atoms with Crippen molar-refractivity contribution in [1.82, 2.24) is 5.32 Å². The summed E-state index contributed by atoms with van der Waals surface area (Å²) in [5.41, 5.74) is 5.82. The maximum absolute atomic E-state index is 10.5. The van der Waals surface area contributed by atoms with Gasteiger partial charge < -0.3 is 20.9 Å². The molecule has 1 unspecified atom stereocenters. The van der Waals surface area contributed by atoms with Crippen LogP contribution in [0.4, 0.5) is 0 Å². The number of primary amides is 1. The Hall–Kier alpha value is -2.11. The molecule has 0 radical (unpaired) electrons. The Labute approximate surface area is 123 Å². The molecule has 2 rings (SSSR count). The van der Waals surface area contributed by atoms with Crippen LogP contribution in [0.3, 0.4) is 0 Å². The van der Waals surface area contributed by atoms with E-state index in [1.807, 2.05) is 43.3 Å². The van der Waals surface area contributed by atoms with Crippen LogP contribution in [0.2, 0.25) is 0 Å². The number of carbonyl (C=O) groups is 1. The molecule has 4 N–H and O–H groups in total. The van der Waals surface area contributed by atoms with Crippen molar-refractivity contribution >= 4 is 16.7 Å². The first kappa shape index (κ1) is 15.3. The first-order chi connectivity index (χ1) is 10.1. The third-order valence-electron chi connectivity index (χ3n) is 3.34. The van der Waals surface area contributed by atoms with Gasteiger partial charge in [-0.2, -0.15) is 0 Å². The molecule has 0 heterocycles.